The lowest BCUT2D eigenvalue weighted by Crippen LogP contribution is -2.24. The lowest BCUT2D eigenvalue weighted by atomic mass is 10.1. The highest BCUT2D eigenvalue weighted by molar-refractivity contribution is 7.99. The highest BCUT2D eigenvalue weighted by Crippen LogP contribution is 2.34. The van der Waals surface area contributed by atoms with Gasteiger partial charge in [-0.05, 0) is 18.6 Å². The largest absolute Gasteiger partial charge is 0.351 e. The van der Waals surface area contributed by atoms with Crippen LogP contribution in [0.4, 0.5) is 0 Å². The van der Waals surface area contributed by atoms with E-state index in [0.717, 1.165) is 28.7 Å². The van der Waals surface area contributed by atoms with Crippen molar-refractivity contribution in [1.82, 2.24) is 20.1 Å². The monoisotopic (exact) mass is 408 g/mol. The molecule has 2 aromatic heterocycles. The first kappa shape index (κ1) is 18.7. The van der Waals surface area contributed by atoms with Crippen molar-refractivity contribution in [2.45, 2.75) is 25.2 Å². The number of benzene rings is 2. The van der Waals surface area contributed by atoms with Crippen LogP contribution >= 0.6 is 23.1 Å². The molecule has 2 heterocycles. The molecule has 2 aromatic carbocycles. The molecule has 0 aliphatic heterocycles. The number of rotatable bonds is 7. The average Bonchev–Trinajstić information content (AvgIpc) is 3.34. The third-order valence-electron chi connectivity index (χ3n) is 4.42. The third-order valence-corrected chi connectivity index (χ3v) is 6.35. The van der Waals surface area contributed by atoms with Gasteiger partial charge < -0.3 is 9.88 Å². The van der Waals surface area contributed by atoms with Crippen LogP contribution in [0.1, 0.15) is 12.5 Å². The summed E-state index contributed by atoms with van der Waals surface area (Å²) in [5.41, 5.74) is 2.18. The number of nitrogens with zero attached hydrogens (tertiary/aromatic N) is 3. The second-order valence-corrected chi connectivity index (χ2v) is 8.10. The van der Waals surface area contributed by atoms with Crippen LogP contribution in [0.15, 0.2) is 65.1 Å². The lowest BCUT2D eigenvalue weighted by molar-refractivity contribution is -0.118. The second kappa shape index (κ2) is 8.58. The molecule has 0 saturated heterocycles. The summed E-state index contributed by atoms with van der Waals surface area (Å²) in [7, 11) is 0. The van der Waals surface area contributed by atoms with Gasteiger partial charge in [-0.15, -0.1) is 21.5 Å². The van der Waals surface area contributed by atoms with Gasteiger partial charge in [0.2, 0.25) is 5.91 Å². The molecule has 28 heavy (non-hydrogen) atoms. The molecule has 4 rings (SSSR count). The Kier molecular flexibility index (Phi) is 5.73. The zero-order valence-electron chi connectivity index (χ0n) is 15.5. The van der Waals surface area contributed by atoms with E-state index >= 15 is 0 Å². The van der Waals surface area contributed by atoms with Crippen LogP contribution in [-0.2, 0) is 17.9 Å². The number of carbonyl (C=O) groups excluding carboxylic acids is 1. The Morgan fingerprint density at radius 1 is 1.11 bits per heavy atom. The minimum absolute atomic E-state index is 0.0120. The molecule has 0 atom stereocenters. The quantitative estimate of drug-likeness (QED) is 0.455. The van der Waals surface area contributed by atoms with Gasteiger partial charge in [-0.25, -0.2) is 0 Å². The fourth-order valence-electron chi connectivity index (χ4n) is 3.01. The number of fused-ring (bicyclic) bond motifs is 1. The molecule has 0 bridgehead atoms. The van der Waals surface area contributed by atoms with Gasteiger partial charge in [0.25, 0.3) is 0 Å². The van der Waals surface area contributed by atoms with Crippen molar-refractivity contribution >= 4 is 39.1 Å². The molecule has 0 saturated carbocycles. The minimum Gasteiger partial charge on any atom is -0.351 e. The van der Waals surface area contributed by atoms with Gasteiger partial charge in [0.05, 0.1) is 5.75 Å². The minimum atomic E-state index is -0.0120. The molecule has 0 radical (unpaired) electrons. The summed E-state index contributed by atoms with van der Waals surface area (Å²) >= 11 is 3.13. The molecule has 1 amide bonds. The summed E-state index contributed by atoms with van der Waals surface area (Å²) in [6.45, 7) is 3.36. The van der Waals surface area contributed by atoms with Crippen LogP contribution in [0.25, 0.3) is 21.5 Å². The standard InChI is InChI=1S/C21H20N4OS2/c1-2-25-20(17-13-27-18-11-7-6-10-16(17)18)23-24-21(25)28-14-19(26)22-12-15-8-4-3-5-9-15/h3-11,13H,2,12,14H2,1H3,(H,22,26). The topological polar surface area (TPSA) is 59.8 Å². The maximum atomic E-state index is 12.2. The van der Waals surface area contributed by atoms with Crippen molar-refractivity contribution in [2.75, 3.05) is 5.75 Å². The molecule has 1 N–H and O–H groups in total. The van der Waals surface area contributed by atoms with E-state index in [1.807, 2.05) is 42.5 Å². The zero-order valence-corrected chi connectivity index (χ0v) is 17.1. The summed E-state index contributed by atoms with van der Waals surface area (Å²) in [5, 5.41) is 15.8. The lowest BCUT2D eigenvalue weighted by Gasteiger charge is -2.07. The fourth-order valence-corrected chi connectivity index (χ4v) is 4.78. The first-order valence-corrected chi connectivity index (χ1v) is 11.0. The number of carbonyl (C=O) groups is 1. The number of amides is 1. The molecule has 142 valence electrons. The molecule has 0 aliphatic carbocycles. The van der Waals surface area contributed by atoms with Gasteiger partial charge >= 0.3 is 0 Å². The number of thiophene rings is 1. The third kappa shape index (κ3) is 3.95. The summed E-state index contributed by atoms with van der Waals surface area (Å²) in [5.74, 6) is 1.16. The van der Waals surface area contributed by atoms with E-state index in [1.54, 1.807) is 11.3 Å². The predicted octanol–water partition coefficient (Wildman–Crippen LogP) is 4.59. The van der Waals surface area contributed by atoms with Crippen LogP contribution in [0.2, 0.25) is 0 Å². The molecule has 0 fully saturated rings. The number of hydrogen-bond acceptors (Lipinski definition) is 5. The zero-order chi connectivity index (χ0) is 19.3. The van der Waals surface area contributed by atoms with Crippen LogP contribution < -0.4 is 5.32 Å². The summed E-state index contributed by atoms with van der Waals surface area (Å²) in [6, 6.07) is 18.2. The Morgan fingerprint density at radius 3 is 2.71 bits per heavy atom. The Bertz CT molecular complexity index is 1090. The van der Waals surface area contributed by atoms with Crippen LogP contribution in [-0.4, -0.2) is 26.4 Å². The first-order chi connectivity index (χ1) is 13.8. The van der Waals surface area contributed by atoms with Gasteiger partial charge in [-0.3, -0.25) is 4.79 Å². The molecule has 0 spiro atoms. The normalized spacial score (nSPS) is 11.0. The van der Waals surface area contributed by atoms with Crippen molar-refractivity contribution in [1.29, 1.82) is 0 Å². The highest BCUT2D eigenvalue weighted by Gasteiger charge is 2.17. The van der Waals surface area contributed by atoms with Crippen molar-refractivity contribution < 1.29 is 4.79 Å². The van der Waals surface area contributed by atoms with Crippen molar-refractivity contribution in [3.63, 3.8) is 0 Å². The van der Waals surface area contributed by atoms with E-state index in [1.165, 1.54) is 21.8 Å². The highest BCUT2D eigenvalue weighted by atomic mass is 32.2. The van der Waals surface area contributed by atoms with Crippen LogP contribution in [0.5, 0.6) is 0 Å². The Balaban J connectivity index is 1.45. The SMILES string of the molecule is CCn1c(SCC(=O)NCc2ccccc2)nnc1-c1csc2ccccc12. The van der Waals surface area contributed by atoms with E-state index < -0.39 is 0 Å². The van der Waals surface area contributed by atoms with Gasteiger partial charge in [0.15, 0.2) is 11.0 Å². The Morgan fingerprint density at radius 2 is 1.89 bits per heavy atom. The predicted molar refractivity (Wildman–Crippen MR) is 116 cm³/mol. The van der Waals surface area contributed by atoms with Gasteiger partial charge in [0, 0.05) is 34.1 Å². The van der Waals surface area contributed by atoms with E-state index in [4.69, 9.17) is 0 Å². The van der Waals surface area contributed by atoms with Gasteiger partial charge in [-0.2, -0.15) is 0 Å². The van der Waals surface area contributed by atoms with Crippen LogP contribution in [0.3, 0.4) is 0 Å². The van der Waals surface area contributed by atoms with Crippen molar-refractivity contribution in [3.8, 4) is 11.4 Å². The smallest absolute Gasteiger partial charge is 0.230 e. The maximum absolute atomic E-state index is 12.2. The second-order valence-electron chi connectivity index (χ2n) is 6.25. The Labute approximate surface area is 171 Å². The number of nitrogens with one attached hydrogen (secondary N) is 1. The Hall–Kier alpha value is -2.64. The van der Waals surface area contributed by atoms with E-state index in [2.05, 4.69) is 44.5 Å². The molecular formula is C21H20N4OS2. The molecular weight excluding hydrogens is 388 g/mol. The van der Waals surface area contributed by atoms with Gasteiger partial charge in [0.1, 0.15) is 0 Å². The van der Waals surface area contributed by atoms with E-state index in [0.29, 0.717) is 12.3 Å². The summed E-state index contributed by atoms with van der Waals surface area (Å²) in [6.07, 6.45) is 0. The van der Waals surface area contributed by atoms with Crippen molar-refractivity contribution in [3.05, 3.63) is 65.5 Å². The molecule has 0 aliphatic rings. The van der Waals surface area contributed by atoms with Crippen LogP contribution in [0, 0.1) is 0 Å². The molecule has 0 unspecified atom stereocenters. The molecule has 4 aromatic rings. The summed E-state index contributed by atoms with van der Waals surface area (Å²) in [4.78, 5) is 12.2. The maximum Gasteiger partial charge on any atom is 0.230 e. The van der Waals surface area contributed by atoms with E-state index in [9.17, 15) is 4.79 Å². The summed E-state index contributed by atoms with van der Waals surface area (Å²) < 4.78 is 3.31. The van der Waals surface area contributed by atoms with Gasteiger partial charge in [-0.1, -0.05) is 60.3 Å². The fraction of sp³-hybridized carbons (Fsp3) is 0.190. The molecule has 7 heteroatoms. The number of hydrogen-bond donors (Lipinski definition) is 1. The number of aromatic nitrogens is 3. The number of thioether (sulfide) groups is 1. The van der Waals surface area contributed by atoms with E-state index in [-0.39, 0.29) is 5.91 Å². The molecule has 5 nitrogen and oxygen atoms in total. The van der Waals surface area contributed by atoms with Crippen molar-refractivity contribution in [2.24, 2.45) is 0 Å². The first-order valence-electron chi connectivity index (χ1n) is 9.09. The average molecular weight is 409 g/mol.